The van der Waals surface area contributed by atoms with Crippen LogP contribution >= 0.6 is 0 Å². The summed E-state index contributed by atoms with van der Waals surface area (Å²) in [6.45, 7) is 2.40. The highest BCUT2D eigenvalue weighted by Gasteiger charge is 2.29. The summed E-state index contributed by atoms with van der Waals surface area (Å²) in [4.78, 5) is 27.7. The second-order valence-electron chi connectivity index (χ2n) is 7.41. The van der Waals surface area contributed by atoms with Crippen molar-refractivity contribution in [3.05, 3.63) is 107 Å². The molecular formula is C26H27FN2O2. The third-order valence-electron chi connectivity index (χ3n) is 5.15. The second kappa shape index (κ2) is 11.1. The molecule has 2 amide bonds. The molecule has 0 saturated heterocycles. The van der Waals surface area contributed by atoms with Crippen molar-refractivity contribution < 1.29 is 14.0 Å². The number of benzene rings is 3. The molecule has 0 aliphatic rings. The average molecular weight is 419 g/mol. The number of hydrogen-bond donors (Lipinski definition) is 1. The van der Waals surface area contributed by atoms with Crippen molar-refractivity contribution in [1.82, 2.24) is 10.2 Å². The van der Waals surface area contributed by atoms with Gasteiger partial charge >= 0.3 is 0 Å². The van der Waals surface area contributed by atoms with Crippen molar-refractivity contribution in [1.29, 1.82) is 0 Å². The number of nitrogens with zero attached hydrogens (tertiary/aromatic N) is 1. The van der Waals surface area contributed by atoms with Crippen molar-refractivity contribution >= 4 is 11.8 Å². The zero-order chi connectivity index (χ0) is 22.1. The van der Waals surface area contributed by atoms with Crippen LogP contribution in [0.25, 0.3) is 0 Å². The molecule has 0 bridgehead atoms. The molecule has 0 aromatic heterocycles. The van der Waals surface area contributed by atoms with E-state index in [1.165, 1.54) is 12.1 Å². The van der Waals surface area contributed by atoms with E-state index < -0.39 is 6.04 Å². The fourth-order valence-corrected chi connectivity index (χ4v) is 3.45. The van der Waals surface area contributed by atoms with Crippen LogP contribution in [-0.2, 0) is 29.1 Å². The Morgan fingerprint density at radius 1 is 0.839 bits per heavy atom. The van der Waals surface area contributed by atoms with E-state index in [0.29, 0.717) is 13.0 Å². The molecule has 0 aliphatic carbocycles. The predicted octanol–water partition coefficient (Wildman–Crippen LogP) is 4.49. The lowest BCUT2D eigenvalue weighted by Gasteiger charge is -2.31. The van der Waals surface area contributed by atoms with Gasteiger partial charge in [0.1, 0.15) is 11.9 Å². The molecule has 1 atom stereocenters. The van der Waals surface area contributed by atoms with Gasteiger partial charge < -0.3 is 10.2 Å². The van der Waals surface area contributed by atoms with Crippen LogP contribution in [0.3, 0.4) is 0 Å². The van der Waals surface area contributed by atoms with Crippen LogP contribution in [-0.4, -0.2) is 22.8 Å². The molecule has 4 nitrogen and oxygen atoms in total. The zero-order valence-corrected chi connectivity index (χ0v) is 17.6. The molecule has 0 saturated carbocycles. The molecule has 1 N–H and O–H groups in total. The van der Waals surface area contributed by atoms with E-state index in [9.17, 15) is 14.0 Å². The summed E-state index contributed by atoms with van der Waals surface area (Å²) in [6.07, 6.45) is 0.673. The van der Waals surface area contributed by atoms with Gasteiger partial charge in [0.05, 0.1) is 0 Å². The minimum absolute atomic E-state index is 0.125. The van der Waals surface area contributed by atoms with Crippen LogP contribution in [0.2, 0.25) is 0 Å². The molecule has 3 rings (SSSR count). The quantitative estimate of drug-likeness (QED) is 0.557. The molecule has 0 radical (unpaired) electrons. The van der Waals surface area contributed by atoms with E-state index in [1.807, 2.05) is 60.7 Å². The number of halogens is 1. The Morgan fingerprint density at radius 2 is 1.42 bits per heavy atom. The summed E-state index contributed by atoms with van der Waals surface area (Å²) in [7, 11) is 0. The lowest BCUT2D eigenvalue weighted by molar-refractivity contribution is -0.141. The third kappa shape index (κ3) is 6.51. The first-order valence-electron chi connectivity index (χ1n) is 10.5. The monoisotopic (exact) mass is 418 g/mol. The summed E-state index contributed by atoms with van der Waals surface area (Å²) in [5.41, 5.74) is 2.73. The van der Waals surface area contributed by atoms with Crippen molar-refractivity contribution in [2.24, 2.45) is 0 Å². The fraction of sp³-hybridized carbons (Fsp3) is 0.231. The fourth-order valence-electron chi connectivity index (χ4n) is 3.45. The molecule has 0 spiro atoms. The lowest BCUT2D eigenvalue weighted by Crippen LogP contribution is -2.50. The highest BCUT2D eigenvalue weighted by molar-refractivity contribution is 5.87. The Balaban J connectivity index is 1.85. The van der Waals surface area contributed by atoms with Gasteiger partial charge in [-0.25, -0.2) is 4.39 Å². The first-order valence-corrected chi connectivity index (χ1v) is 10.5. The topological polar surface area (TPSA) is 49.4 Å². The molecule has 0 fully saturated rings. The maximum absolute atomic E-state index is 13.3. The molecule has 160 valence electrons. The van der Waals surface area contributed by atoms with Gasteiger partial charge in [-0.3, -0.25) is 9.59 Å². The number of carbonyl (C=O) groups excluding carboxylic acids is 2. The Kier molecular flexibility index (Phi) is 7.93. The standard InChI is InChI=1S/C26H27FN2O2/c1-2-25(30)29(19-22-13-15-23(27)16-14-22)24(17-20-9-5-3-6-10-20)26(31)28-18-21-11-7-4-8-12-21/h3-16,24H,2,17-19H2,1H3,(H,28,31)/t24-/m0/s1. The van der Waals surface area contributed by atoms with E-state index in [0.717, 1.165) is 16.7 Å². The lowest BCUT2D eigenvalue weighted by atomic mass is 10.0. The number of carbonyl (C=O) groups is 2. The highest BCUT2D eigenvalue weighted by atomic mass is 19.1. The maximum Gasteiger partial charge on any atom is 0.243 e. The van der Waals surface area contributed by atoms with Crippen molar-refractivity contribution in [2.45, 2.75) is 38.9 Å². The SMILES string of the molecule is CCC(=O)N(Cc1ccc(F)cc1)[C@@H](Cc1ccccc1)C(=O)NCc1ccccc1. The molecule has 3 aromatic rings. The maximum atomic E-state index is 13.3. The minimum atomic E-state index is -0.677. The molecular weight excluding hydrogens is 391 g/mol. The van der Waals surface area contributed by atoms with Gasteiger partial charge in [-0.15, -0.1) is 0 Å². The Bertz CT molecular complexity index is 975. The summed E-state index contributed by atoms with van der Waals surface area (Å²) in [6, 6.07) is 24.7. The summed E-state index contributed by atoms with van der Waals surface area (Å²) >= 11 is 0. The van der Waals surface area contributed by atoms with Crippen LogP contribution < -0.4 is 5.32 Å². The molecule has 0 heterocycles. The Hall–Kier alpha value is -3.47. The molecule has 5 heteroatoms. The van der Waals surface area contributed by atoms with Crippen molar-refractivity contribution in [2.75, 3.05) is 0 Å². The summed E-state index contributed by atoms with van der Waals surface area (Å²) in [5, 5.41) is 2.98. The minimum Gasteiger partial charge on any atom is -0.350 e. The van der Waals surface area contributed by atoms with Gasteiger partial charge in [-0.2, -0.15) is 0 Å². The van der Waals surface area contributed by atoms with Crippen LogP contribution in [0, 0.1) is 5.82 Å². The number of nitrogens with one attached hydrogen (secondary N) is 1. The first-order chi connectivity index (χ1) is 15.1. The third-order valence-corrected chi connectivity index (χ3v) is 5.15. The van der Waals surface area contributed by atoms with Crippen LogP contribution in [0.15, 0.2) is 84.9 Å². The molecule has 0 unspecified atom stereocenters. The number of amides is 2. The van der Waals surface area contributed by atoms with Crippen LogP contribution in [0.1, 0.15) is 30.0 Å². The largest absolute Gasteiger partial charge is 0.350 e. The van der Waals surface area contributed by atoms with E-state index in [1.54, 1.807) is 24.0 Å². The average Bonchev–Trinajstić information content (AvgIpc) is 2.82. The van der Waals surface area contributed by atoms with Crippen molar-refractivity contribution in [3.63, 3.8) is 0 Å². The first kappa shape index (κ1) is 22.2. The number of rotatable bonds is 9. The molecule has 3 aromatic carbocycles. The number of hydrogen-bond acceptors (Lipinski definition) is 2. The van der Waals surface area contributed by atoms with Gasteiger partial charge in [0.2, 0.25) is 11.8 Å². The van der Waals surface area contributed by atoms with E-state index in [2.05, 4.69) is 5.32 Å². The van der Waals surface area contributed by atoms with E-state index >= 15 is 0 Å². The predicted molar refractivity (Wildman–Crippen MR) is 119 cm³/mol. The van der Waals surface area contributed by atoms with Gasteiger partial charge in [0.25, 0.3) is 0 Å². The molecule has 31 heavy (non-hydrogen) atoms. The molecule has 0 aliphatic heterocycles. The Morgan fingerprint density at radius 3 is 2.00 bits per heavy atom. The van der Waals surface area contributed by atoms with Crippen molar-refractivity contribution in [3.8, 4) is 0 Å². The van der Waals surface area contributed by atoms with Gasteiger partial charge in [-0.05, 0) is 28.8 Å². The van der Waals surface area contributed by atoms with Crippen LogP contribution in [0.5, 0.6) is 0 Å². The van der Waals surface area contributed by atoms with Crippen LogP contribution in [0.4, 0.5) is 4.39 Å². The Labute approximate surface area is 182 Å². The van der Waals surface area contributed by atoms with Gasteiger partial charge in [0.15, 0.2) is 0 Å². The normalized spacial score (nSPS) is 11.5. The van der Waals surface area contributed by atoms with E-state index in [-0.39, 0.29) is 30.6 Å². The zero-order valence-electron chi connectivity index (χ0n) is 17.6. The summed E-state index contributed by atoms with van der Waals surface area (Å²) in [5.74, 6) is -0.671. The van der Waals surface area contributed by atoms with E-state index in [4.69, 9.17) is 0 Å². The highest BCUT2D eigenvalue weighted by Crippen LogP contribution is 2.16. The smallest absolute Gasteiger partial charge is 0.243 e. The summed E-state index contributed by atoms with van der Waals surface area (Å²) < 4.78 is 13.3. The second-order valence-corrected chi connectivity index (χ2v) is 7.41. The van der Waals surface area contributed by atoms with Gasteiger partial charge in [-0.1, -0.05) is 79.7 Å². The van der Waals surface area contributed by atoms with Gasteiger partial charge in [0, 0.05) is 25.9 Å².